The van der Waals surface area contributed by atoms with Gasteiger partial charge in [0.15, 0.2) is 0 Å². The van der Waals surface area contributed by atoms with Gasteiger partial charge in [-0.3, -0.25) is 0 Å². The van der Waals surface area contributed by atoms with E-state index in [4.69, 9.17) is 0 Å². The molecule has 0 bridgehead atoms. The molecule has 0 aliphatic heterocycles. The van der Waals surface area contributed by atoms with Crippen molar-refractivity contribution in [2.24, 2.45) is 0 Å². The van der Waals surface area contributed by atoms with Crippen LogP contribution >= 0.6 is 67.8 Å². The van der Waals surface area contributed by atoms with E-state index >= 15 is 0 Å². The Kier molecular flexibility index (Phi) is 3.23. The molecule has 0 unspecified atom stereocenters. The lowest BCUT2D eigenvalue weighted by molar-refractivity contribution is 1.05. The summed E-state index contributed by atoms with van der Waals surface area (Å²) in [5.41, 5.74) is 0. The number of rotatable bonds is 0. The highest BCUT2D eigenvalue weighted by Crippen LogP contribution is 2.28. The minimum Gasteiger partial charge on any atom is -0.158 e. The van der Waals surface area contributed by atoms with Gasteiger partial charge >= 0.3 is 0 Å². The standard InChI is InChI=1S/C8H3I3N2/c9-6-1-4-2-12-13-3-5(4)7(10)8(6)11/h1-3H. The molecule has 0 saturated heterocycles. The van der Waals surface area contributed by atoms with Crippen molar-refractivity contribution in [1.82, 2.24) is 10.2 Å². The van der Waals surface area contributed by atoms with Crippen molar-refractivity contribution in [3.8, 4) is 0 Å². The van der Waals surface area contributed by atoms with E-state index in [-0.39, 0.29) is 0 Å². The molecule has 13 heavy (non-hydrogen) atoms. The molecule has 2 rings (SSSR count). The predicted molar refractivity (Wildman–Crippen MR) is 77.7 cm³/mol. The summed E-state index contributed by atoms with van der Waals surface area (Å²) in [5.74, 6) is 0. The Balaban J connectivity index is 2.94. The van der Waals surface area contributed by atoms with Gasteiger partial charge in [-0.25, -0.2) is 0 Å². The first-order chi connectivity index (χ1) is 6.20. The molecule has 0 N–H and O–H groups in total. The van der Waals surface area contributed by atoms with E-state index in [9.17, 15) is 0 Å². The Morgan fingerprint density at radius 2 is 1.62 bits per heavy atom. The fourth-order valence-corrected chi connectivity index (χ4v) is 3.36. The molecule has 0 amide bonds. The molecule has 0 aliphatic rings. The third kappa shape index (κ3) is 1.91. The normalized spacial score (nSPS) is 10.7. The summed E-state index contributed by atoms with van der Waals surface area (Å²) >= 11 is 7.04. The molecule has 0 atom stereocenters. The molecule has 1 heterocycles. The smallest absolute Gasteiger partial charge is 0.0585 e. The molecule has 66 valence electrons. The highest BCUT2D eigenvalue weighted by Gasteiger charge is 2.06. The first-order valence-electron chi connectivity index (χ1n) is 3.44. The predicted octanol–water partition coefficient (Wildman–Crippen LogP) is 3.44. The summed E-state index contributed by atoms with van der Waals surface area (Å²) in [6.07, 6.45) is 3.62. The fraction of sp³-hybridized carbons (Fsp3) is 0. The number of fused-ring (bicyclic) bond motifs is 1. The van der Waals surface area contributed by atoms with E-state index in [1.807, 2.05) is 6.20 Å². The number of hydrogen-bond acceptors (Lipinski definition) is 2. The van der Waals surface area contributed by atoms with Gasteiger partial charge in [-0.05, 0) is 73.8 Å². The summed E-state index contributed by atoms with van der Waals surface area (Å²) in [6, 6.07) is 2.13. The first-order valence-corrected chi connectivity index (χ1v) is 6.67. The second-order valence-corrected chi connectivity index (χ2v) is 5.80. The van der Waals surface area contributed by atoms with Crippen LogP contribution in [-0.4, -0.2) is 10.2 Å². The lowest BCUT2D eigenvalue weighted by Crippen LogP contribution is -1.90. The van der Waals surface area contributed by atoms with Crippen LogP contribution in [-0.2, 0) is 0 Å². The Labute approximate surface area is 116 Å². The van der Waals surface area contributed by atoms with Gasteiger partial charge in [-0.15, -0.1) is 0 Å². The van der Waals surface area contributed by atoms with E-state index in [1.54, 1.807) is 6.20 Å². The van der Waals surface area contributed by atoms with Crippen molar-refractivity contribution in [2.45, 2.75) is 0 Å². The van der Waals surface area contributed by atoms with E-state index in [1.165, 1.54) is 16.1 Å². The minimum absolute atomic E-state index is 1.16. The number of hydrogen-bond donors (Lipinski definition) is 0. The molecule has 2 nitrogen and oxygen atoms in total. The van der Waals surface area contributed by atoms with Crippen LogP contribution in [0.2, 0.25) is 0 Å². The molecule has 0 aliphatic carbocycles. The SMILES string of the molecule is Ic1cc2cnncc2c(I)c1I. The van der Waals surface area contributed by atoms with Crippen molar-refractivity contribution in [3.63, 3.8) is 0 Å². The van der Waals surface area contributed by atoms with Crippen molar-refractivity contribution < 1.29 is 0 Å². The lowest BCUT2D eigenvalue weighted by atomic mass is 10.2. The molecule has 0 spiro atoms. The Hall–Kier alpha value is 0.750. The van der Waals surface area contributed by atoms with Gasteiger partial charge in [0.2, 0.25) is 0 Å². The quantitative estimate of drug-likeness (QED) is 0.403. The monoisotopic (exact) mass is 508 g/mol. The van der Waals surface area contributed by atoms with Crippen molar-refractivity contribution in [3.05, 3.63) is 29.2 Å². The fourth-order valence-electron chi connectivity index (χ4n) is 1.05. The minimum atomic E-state index is 1.16. The van der Waals surface area contributed by atoms with Crippen LogP contribution in [0.25, 0.3) is 10.8 Å². The van der Waals surface area contributed by atoms with Crippen LogP contribution < -0.4 is 0 Å². The van der Waals surface area contributed by atoms with Gasteiger partial charge in [0.1, 0.15) is 0 Å². The van der Waals surface area contributed by atoms with Crippen LogP contribution in [0.15, 0.2) is 18.5 Å². The third-order valence-corrected chi connectivity index (χ3v) is 6.84. The molecule has 0 radical (unpaired) electrons. The second kappa shape index (κ2) is 4.09. The summed E-state index contributed by atoms with van der Waals surface area (Å²) < 4.78 is 3.82. The van der Waals surface area contributed by atoms with Crippen molar-refractivity contribution in [2.75, 3.05) is 0 Å². The van der Waals surface area contributed by atoms with Gasteiger partial charge in [0.25, 0.3) is 0 Å². The topological polar surface area (TPSA) is 25.8 Å². The maximum Gasteiger partial charge on any atom is 0.0585 e. The van der Waals surface area contributed by atoms with E-state index in [0.29, 0.717) is 0 Å². The van der Waals surface area contributed by atoms with E-state index < -0.39 is 0 Å². The average Bonchev–Trinajstić information content (AvgIpc) is 2.15. The largest absolute Gasteiger partial charge is 0.158 e. The number of aromatic nitrogens is 2. The number of halogens is 3. The Bertz CT molecular complexity index is 470. The first kappa shape index (κ1) is 10.3. The summed E-state index contributed by atoms with van der Waals surface area (Å²) in [4.78, 5) is 0. The maximum atomic E-state index is 3.88. The van der Waals surface area contributed by atoms with Gasteiger partial charge in [-0.2, -0.15) is 10.2 Å². The molecule has 0 saturated carbocycles. The van der Waals surface area contributed by atoms with Crippen molar-refractivity contribution in [1.29, 1.82) is 0 Å². The molecular formula is C8H3I3N2. The zero-order chi connectivity index (χ0) is 9.42. The zero-order valence-corrected chi connectivity index (χ0v) is 12.7. The van der Waals surface area contributed by atoms with Gasteiger partial charge in [0, 0.05) is 21.5 Å². The van der Waals surface area contributed by atoms with E-state index in [0.717, 1.165) is 5.39 Å². The summed E-state index contributed by atoms with van der Waals surface area (Å²) in [6.45, 7) is 0. The third-order valence-electron chi connectivity index (χ3n) is 1.68. The number of nitrogens with zero attached hydrogens (tertiary/aromatic N) is 2. The highest BCUT2D eigenvalue weighted by molar-refractivity contribution is 14.1. The number of benzene rings is 1. The molecule has 5 heteroatoms. The van der Waals surface area contributed by atoms with Crippen molar-refractivity contribution >= 4 is 78.5 Å². The van der Waals surface area contributed by atoms with E-state index in [2.05, 4.69) is 84.0 Å². The van der Waals surface area contributed by atoms with Crippen LogP contribution in [0, 0.1) is 10.7 Å². The second-order valence-electron chi connectivity index (χ2n) is 2.48. The maximum absolute atomic E-state index is 3.88. The van der Waals surface area contributed by atoms with Gasteiger partial charge in [-0.1, -0.05) is 0 Å². The Morgan fingerprint density at radius 3 is 2.38 bits per heavy atom. The van der Waals surface area contributed by atoms with Gasteiger partial charge < -0.3 is 0 Å². The molecule has 0 fully saturated rings. The van der Waals surface area contributed by atoms with Crippen LogP contribution in [0.5, 0.6) is 0 Å². The molecule has 1 aromatic heterocycles. The Morgan fingerprint density at radius 1 is 0.923 bits per heavy atom. The van der Waals surface area contributed by atoms with Gasteiger partial charge in [0.05, 0.1) is 12.4 Å². The lowest BCUT2D eigenvalue weighted by Gasteiger charge is -2.03. The molecule has 2 aromatic rings. The van der Waals surface area contributed by atoms with Crippen LogP contribution in [0.1, 0.15) is 0 Å². The summed E-state index contributed by atoms with van der Waals surface area (Å²) in [7, 11) is 0. The summed E-state index contributed by atoms with van der Waals surface area (Å²) in [5, 5.41) is 10.1. The zero-order valence-electron chi connectivity index (χ0n) is 6.26. The van der Waals surface area contributed by atoms with Crippen LogP contribution in [0.3, 0.4) is 0 Å². The molecular weight excluding hydrogens is 505 g/mol. The molecule has 1 aromatic carbocycles. The van der Waals surface area contributed by atoms with Crippen LogP contribution in [0.4, 0.5) is 0 Å². The average molecular weight is 508 g/mol. The highest BCUT2D eigenvalue weighted by atomic mass is 127.